The summed E-state index contributed by atoms with van der Waals surface area (Å²) in [7, 11) is 0. The highest BCUT2D eigenvalue weighted by Gasteiger charge is 2.05. The van der Waals surface area contributed by atoms with E-state index in [1.54, 1.807) is 0 Å². The maximum Gasteiger partial charge on any atom is 0.0456 e. The van der Waals surface area contributed by atoms with Crippen LogP contribution in [-0.4, -0.2) is 4.98 Å². The van der Waals surface area contributed by atoms with Crippen molar-refractivity contribution >= 4 is 10.9 Å². The lowest BCUT2D eigenvalue weighted by molar-refractivity contribution is 0.715. The Labute approximate surface area is 94.0 Å². The summed E-state index contributed by atoms with van der Waals surface area (Å²) in [5, 5.41) is 1.32. The zero-order valence-corrected chi connectivity index (χ0v) is 10.2. The molecule has 0 bridgehead atoms. The standard InChI is InChI=1S/C12H15N.C2H6.H2/c1-3-9(2)12-8-10-6-4-5-7-11(10)13-12;1-2;/h4-9,13H,3H2,1-2H3;1-2H3;1H. The van der Waals surface area contributed by atoms with Gasteiger partial charge in [-0.3, -0.25) is 0 Å². The number of hydrogen-bond donors (Lipinski definition) is 1. The molecule has 1 aromatic carbocycles. The number of aromatic amines is 1. The Morgan fingerprint density at radius 3 is 2.53 bits per heavy atom. The highest BCUT2D eigenvalue weighted by Crippen LogP contribution is 2.22. The summed E-state index contributed by atoms with van der Waals surface area (Å²) in [6.07, 6.45) is 1.19. The third-order valence-electron chi connectivity index (χ3n) is 2.69. The Hall–Kier alpha value is -1.24. The van der Waals surface area contributed by atoms with E-state index in [-0.39, 0.29) is 1.43 Å². The van der Waals surface area contributed by atoms with Crippen LogP contribution in [0.5, 0.6) is 0 Å². The van der Waals surface area contributed by atoms with Crippen LogP contribution in [-0.2, 0) is 0 Å². The van der Waals surface area contributed by atoms with Crippen LogP contribution < -0.4 is 0 Å². The number of benzene rings is 1. The van der Waals surface area contributed by atoms with Gasteiger partial charge in [0, 0.05) is 12.6 Å². The minimum absolute atomic E-state index is 0. The van der Waals surface area contributed by atoms with Crippen LogP contribution in [0.3, 0.4) is 0 Å². The zero-order valence-electron chi connectivity index (χ0n) is 10.2. The van der Waals surface area contributed by atoms with Crippen molar-refractivity contribution in [2.45, 2.75) is 40.0 Å². The monoisotopic (exact) mass is 205 g/mol. The van der Waals surface area contributed by atoms with Crippen molar-refractivity contribution in [1.29, 1.82) is 0 Å². The van der Waals surface area contributed by atoms with Crippen LogP contribution in [0.25, 0.3) is 10.9 Å². The Kier molecular flexibility index (Phi) is 4.41. The summed E-state index contributed by atoms with van der Waals surface area (Å²) < 4.78 is 0. The molecule has 1 atom stereocenters. The molecule has 1 N–H and O–H groups in total. The van der Waals surface area contributed by atoms with Gasteiger partial charge < -0.3 is 4.98 Å². The fraction of sp³-hybridized carbons (Fsp3) is 0.429. The van der Waals surface area contributed by atoms with Crippen LogP contribution in [0.1, 0.15) is 47.2 Å². The number of rotatable bonds is 2. The molecule has 0 radical (unpaired) electrons. The van der Waals surface area contributed by atoms with Gasteiger partial charge in [0.2, 0.25) is 0 Å². The minimum Gasteiger partial charge on any atom is -0.358 e. The third-order valence-corrected chi connectivity index (χ3v) is 2.69. The van der Waals surface area contributed by atoms with Crippen molar-refractivity contribution in [1.82, 2.24) is 4.98 Å². The molecule has 2 aromatic rings. The van der Waals surface area contributed by atoms with Crippen LogP contribution >= 0.6 is 0 Å². The van der Waals surface area contributed by atoms with E-state index in [0.717, 1.165) is 0 Å². The van der Waals surface area contributed by atoms with Gasteiger partial charge in [-0.05, 0) is 29.9 Å². The van der Waals surface area contributed by atoms with E-state index >= 15 is 0 Å². The normalized spacial score (nSPS) is 12.0. The van der Waals surface area contributed by atoms with E-state index in [4.69, 9.17) is 0 Å². The average Bonchev–Trinajstić information content (AvgIpc) is 2.74. The summed E-state index contributed by atoms with van der Waals surface area (Å²) in [6.45, 7) is 8.47. The largest absolute Gasteiger partial charge is 0.358 e. The number of H-pyrrole nitrogens is 1. The van der Waals surface area contributed by atoms with E-state index in [1.807, 2.05) is 13.8 Å². The first-order chi connectivity index (χ1) is 7.31. The number of para-hydroxylation sites is 1. The Morgan fingerprint density at radius 1 is 1.27 bits per heavy atom. The second kappa shape index (κ2) is 5.59. The lowest BCUT2D eigenvalue weighted by atomic mass is 10.1. The summed E-state index contributed by atoms with van der Waals surface area (Å²) in [4.78, 5) is 3.45. The van der Waals surface area contributed by atoms with Gasteiger partial charge in [-0.25, -0.2) is 0 Å². The van der Waals surface area contributed by atoms with E-state index in [9.17, 15) is 0 Å². The molecule has 2 rings (SSSR count). The van der Waals surface area contributed by atoms with Crippen molar-refractivity contribution in [2.75, 3.05) is 0 Å². The van der Waals surface area contributed by atoms with Crippen molar-refractivity contribution in [3.63, 3.8) is 0 Å². The second-order valence-electron chi connectivity index (χ2n) is 3.62. The van der Waals surface area contributed by atoms with Crippen molar-refractivity contribution in [3.05, 3.63) is 36.0 Å². The lowest BCUT2D eigenvalue weighted by Crippen LogP contribution is -1.89. The predicted molar refractivity (Wildman–Crippen MR) is 70.5 cm³/mol. The first-order valence-corrected chi connectivity index (χ1v) is 5.89. The van der Waals surface area contributed by atoms with Crippen molar-refractivity contribution in [3.8, 4) is 0 Å². The van der Waals surface area contributed by atoms with Gasteiger partial charge in [0.1, 0.15) is 0 Å². The molecule has 0 spiro atoms. The molecule has 0 fully saturated rings. The molecule has 0 saturated carbocycles. The molecule has 15 heavy (non-hydrogen) atoms. The maximum atomic E-state index is 3.45. The predicted octanol–water partition coefficient (Wildman–Crippen LogP) is 4.95. The topological polar surface area (TPSA) is 15.8 Å². The molecule has 1 heteroatoms. The first-order valence-electron chi connectivity index (χ1n) is 5.89. The van der Waals surface area contributed by atoms with E-state index < -0.39 is 0 Å². The average molecular weight is 205 g/mol. The first kappa shape index (κ1) is 11.8. The molecule has 0 amide bonds. The van der Waals surface area contributed by atoms with E-state index in [2.05, 4.69) is 49.2 Å². The molecule has 0 aliphatic carbocycles. The summed E-state index contributed by atoms with van der Waals surface area (Å²) in [5.41, 5.74) is 2.60. The third kappa shape index (κ3) is 2.62. The number of aromatic nitrogens is 1. The van der Waals surface area contributed by atoms with Gasteiger partial charge in [0.25, 0.3) is 0 Å². The molecule has 1 nitrogen and oxygen atoms in total. The zero-order chi connectivity index (χ0) is 11.3. The SMILES string of the molecule is CC.CCC(C)c1cc2ccccc2[nH]1.[HH]. The molecular formula is C14H23N. The van der Waals surface area contributed by atoms with Gasteiger partial charge in [-0.2, -0.15) is 0 Å². The molecule has 1 aromatic heterocycles. The minimum atomic E-state index is 0. The van der Waals surface area contributed by atoms with Gasteiger partial charge in [-0.1, -0.05) is 45.9 Å². The van der Waals surface area contributed by atoms with Crippen LogP contribution in [0.2, 0.25) is 0 Å². The molecule has 84 valence electrons. The summed E-state index contributed by atoms with van der Waals surface area (Å²) in [6, 6.07) is 10.7. The fourth-order valence-electron chi connectivity index (χ4n) is 1.58. The summed E-state index contributed by atoms with van der Waals surface area (Å²) >= 11 is 0. The quantitative estimate of drug-likeness (QED) is 0.713. The van der Waals surface area contributed by atoms with Crippen molar-refractivity contribution in [2.24, 2.45) is 0 Å². The molecule has 0 aliphatic rings. The summed E-state index contributed by atoms with van der Waals surface area (Å²) in [5.74, 6) is 0.632. The van der Waals surface area contributed by atoms with Gasteiger partial charge in [-0.15, -0.1) is 0 Å². The van der Waals surface area contributed by atoms with Crippen LogP contribution in [0, 0.1) is 0 Å². The Morgan fingerprint density at radius 2 is 1.93 bits per heavy atom. The number of nitrogens with one attached hydrogen (secondary N) is 1. The lowest BCUT2D eigenvalue weighted by Gasteiger charge is -2.03. The Bertz CT molecular complexity index is 373. The van der Waals surface area contributed by atoms with E-state index in [1.165, 1.54) is 23.0 Å². The van der Waals surface area contributed by atoms with Gasteiger partial charge in [0.05, 0.1) is 0 Å². The number of fused-ring (bicyclic) bond motifs is 1. The smallest absolute Gasteiger partial charge is 0.0456 e. The number of hydrogen-bond acceptors (Lipinski definition) is 0. The van der Waals surface area contributed by atoms with Crippen LogP contribution in [0.4, 0.5) is 0 Å². The van der Waals surface area contributed by atoms with Gasteiger partial charge >= 0.3 is 0 Å². The molecular weight excluding hydrogens is 182 g/mol. The Balaban J connectivity index is 0.000000711. The van der Waals surface area contributed by atoms with Crippen LogP contribution in [0.15, 0.2) is 30.3 Å². The molecule has 0 saturated heterocycles. The van der Waals surface area contributed by atoms with Gasteiger partial charge in [0.15, 0.2) is 0 Å². The maximum absolute atomic E-state index is 3.45. The highest BCUT2D eigenvalue weighted by molar-refractivity contribution is 5.80. The molecule has 1 heterocycles. The highest BCUT2D eigenvalue weighted by atomic mass is 14.7. The molecule has 0 aliphatic heterocycles. The van der Waals surface area contributed by atoms with Crippen molar-refractivity contribution < 1.29 is 1.43 Å². The molecule has 1 unspecified atom stereocenters. The second-order valence-corrected chi connectivity index (χ2v) is 3.62. The fourth-order valence-corrected chi connectivity index (χ4v) is 1.58. The van der Waals surface area contributed by atoms with E-state index in [0.29, 0.717) is 5.92 Å².